The van der Waals surface area contributed by atoms with Crippen molar-refractivity contribution >= 4 is 18.3 Å². The molecule has 1 aliphatic heterocycles. The van der Waals surface area contributed by atoms with E-state index in [-0.39, 0.29) is 30.4 Å². The van der Waals surface area contributed by atoms with Gasteiger partial charge in [-0.15, -0.1) is 12.4 Å². The van der Waals surface area contributed by atoms with Crippen LogP contribution in [0.4, 0.5) is 0 Å². The first-order valence-corrected chi connectivity index (χ1v) is 6.64. The molecule has 1 fully saturated rings. The highest BCUT2D eigenvalue weighted by molar-refractivity contribution is 5.85. The van der Waals surface area contributed by atoms with Crippen molar-refractivity contribution in [2.75, 3.05) is 6.54 Å². The summed E-state index contributed by atoms with van der Waals surface area (Å²) in [5, 5.41) is 6.98. The van der Waals surface area contributed by atoms with Crippen molar-refractivity contribution in [3.63, 3.8) is 0 Å². The molecule has 6 heteroatoms. The molecule has 0 saturated carbocycles. The lowest BCUT2D eigenvalue weighted by Crippen LogP contribution is -2.52. The number of carbonyl (C=O) groups excluding carboxylic acids is 1. The minimum absolute atomic E-state index is 0. The fourth-order valence-electron chi connectivity index (χ4n) is 2.64. The number of nitrogens with two attached hydrogens (primary N) is 1. The van der Waals surface area contributed by atoms with Gasteiger partial charge in [-0.25, -0.2) is 0 Å². The summed E-state index contributed by atoms with van der Waals surface area (Å²) in [4.78, 5) is 14.3. The van der Waals surface area contributed by atoms with Gasteiger partial charge >= 0.3 is 0 Å². The molecule has 1 aromatic heterocycles. The largest absolute Gasteiger partial charge is 0.338 e. The van der Waals surface area contributed by atoms with Gasteiger partial charge in [0, 0.05) is 24.3 Å². The van der Waals surface area contributed by atoms with Gasteiger partial charge in [0.15, 0.2) is 0 Å². The van der Waals surface area contributed by atoms with E-state index in [1.807, 2.05) is 24.8 Å². The number of H-pyrrole nitrogens is 1. The number of likely N-dealkylation sites (tertiary alicyclic amines) is 1. The molecule has 2 unspecified atom stereocenters. The second-order valence-corrected chi connectivity index (χ2v) is 5.23. The summed E-state index contributed by atoms with van der Waals surface area (Å²) in [6.45, 7) is 4.75. The highest BCUT2D eigenvalue weighted by atomic mass is 35.5. The van der Waals surface area contributed by atoms with Crippen LogP contribution in [0, 0.1) is 6.92 Å². The van der Waals surface area contributed by atoms with Gasteiger partial charge in [-0.05, 0) is 39.2 Å². The summed E-state index contributed by atoms with van der Waals surface area (Å²) in [6, 6.07) is 2.14. The van der Waals surface area contributed by atoms with Crippen LogP contribution in [0.5, 0.6) is 0 Å². The molecule has 3 N–H and O–H groups in total. The molecule has 2 rings (SSSR count). The Balaban J connectivity index is 0.00000180. The van der Waals surface area contributed by atoms with Crippen LogP contribution >= 0.6 is 12.4 Å². The Morgan fingerprint density at radius 3 is 2.95 bits per heavy atom. The Bertz CT molecular complexity index is 419. The Labute approximate surface area is 120 Å². The average Bonchev–Trinajstić information content (AvgIpc) is 2.74. The van der Waals surface area contributed by atoms with Gasteiger partial charge in [-0.3, -0.25) is 9.89 Å². The number of piperidine rings is 1. The number of aromatic amines is 1. The maximum absolute atomic E-state index is 12.3. The number of hydrogen-bond donors (Lipinski definition) is 2. The normalized spacial score (nSPS) is 20.8. The third-order valence-corrected chi connectivity index (χ3v) is 3.57. The van der Waals surface area contributed by atoms with E-state index in [1.54, 1.807) is 0 Å². The summed E-state index contributed by atoms with van der Waals surface area (Å²) in [5.41, 5.74) is 7.77. The molecular weight excluding hydrogens is 264 g/mol. The molecule has 0 aliphatic carbocycles. The smallest absolute Gasteiger partial charge is 0.228 e. The second kappa shape index (κ2) is 6.91. The molecule has 2 atom stereocenters. The highest BCUT2D eigenvalue weighted by Crippen LogP contribution is 2.20. The van der Waals surface area contributed by atoms with E-state index in [0.29, 0.717) is 6.42 Å². The number of nitrogens with zero attached hydrogens (tertiary/aromatic N) is 2. The van der Waals surface area contributed by atoms with Crippen molar-refractivity contribution in [3.8, 4) is 0 Å². The number of amides is 1. The van der Waals surface area contributed by atoms with E-state index in [1.165, 1.54) is 0 Å². The first-order chi connectivity index (χ1) is 8.58. The lowest BCUT2D eigenvalue weighted by molar-refractivity contribution is -0.134. The second-order valence-electron chi connectivity index (χ2n) is 5.23. The maximum Gasteiger partial charge on any atom is 0.228 e. The van der Waals surface area contributed by atoms with Gasteiger partial charge in [0.2, 0.25) is 5.91 Å². The fraction of sp³-hybridized carbons (Fsp3) is 0.692. The van der Waals surface area contributed by atoms with Crippen LogP contribution in [0.25, 0.3) is 0 Å². The number of aromatic nitrogens is 2. The SMILES string of the molecule is Cc1cc(CC(=O)N2CCCCC2C(C)N)n[nH]1.Cl. The van der Waals surface area contributed by atoms with Crippen molar-refractivity contribution < 1.29 is 4.79 Å². The molecule has 1 amide bonds. The van der Waals surface area contributed by atoms with Gasteiger partial charge in [0.25, 0.3) is 0 Å². The van der Waals surface area contributed by atoms with Gasteiger partial charge in [0.05, 0.1) is 12.1 Å². The first kappa shape index (κ1) is 16.0. The van der Waals surface area contributed by atoms with Gasteiger partial charge in [0.1, 0.15) is 0 Å². The van der Waals surface area contributed by atoms with Gasteiger partial charge < -0.3 is 10.6 Å². The van der Waals surface area contributed by atoms with Crippen molar-refractivity contribution in [1.82, 2.24) is 15.1 Å². The molecular formula is C13H23ClN4O. The molecule has 1 saturated heterocycles. The third-order valence-electron chi connectivity index (χ3n) is 3.57. The number of hydrogen-bond acceptors (Lipinski definition) is 3. The Morgan fingerprint density at radius 1 is 1.63 bits per heavy atom. The number of carbonyl (C=O) groups is 1. The topological polar surface area (TPSA) is 75.0 Å². The van der Waals surface area contributed by atoms with Crippen molar-refractivity contribution in [2.45, 2.75) is 51.6 Å². The standard InChI is InChI=1S/C13H22N4O.ClH/c1-9-7-11(16-15-9)8-13(18)17-6-4-3-5-12(17)10(2)14;/h7,10,12H,3-6,8,14H2,1-2H3,(H,15,16);1H. The lowest BCUT2D eigenvalue weighted by Gasteiger charge is -2.38. The fourth-order valence-corrected chi connectivity index (χ4v) is 2.64. The molecule has 108 valence electrons. The van der Waals surface area contributed by atoms with E-state index < -0.39 is 0 Å². The zero-order valence-electron chi connectivity index (χ0n) is 11.6. The number of rotatable bonds is 3. The highest BCUT2D eigenvalue weighted by Gasteiger charge is 2.29. The molecule has 0 bridgehead atoms. The molecule has 19 heavy (non-hydrogen) atoms. The van der Waals surface area contributed by atoms with Crippen LogP contribution in [0.1, 0.15) is 37.6 Å². The van der Waals surface area contributed by atoms with Crippen LogP contribution in [0.15, 0.2) is 6.07 Å². The third kappa shape index (κ3) is 3.94. The number of aryl methyl sites for hydroxylation is 1. The number of nitrogens with one attached hydrogen (secondary N) is 1. The van der Waals surface area contributed by atoms with Crippen LogP contribution in [-0.4, -0.2) is 39.6 Å². The summed E-state index contributed by atoms with van der Waals surface area (Å²) in [6.07, 6.45) is 3.63. The van der Waals surface area contributed by atoms with Gasteiger partial charge in [-0.1, -0.05) is 0 Å². The van der Waals surface area contributed by atoms with Crippen molar-refractivity contribution in [3.05, 3.63) is 17.5 Å². The van der Waals surface area contributed by atoms with Crippen LogP contribution < -0.4 is 5.73 Å². The minimum Gasteiger partial charge on any atom is -0.338 e. The van der Waals surface area contributed by atoms with E-state index in [4.69, 9.17) is 5.73 Å². The van der Waals surface area contributed by atoms with Crippen LogP contribution in [0.2, 0.25) is 0 Å². The molecule has 0 radical (unpaired) electrons. The predicted octanol–water partition coefficient (Wildman–Crippen LogP) is 1.41. The summed E-state index contributed by atoms with van der Waals surface area (Å²) >= 11 is 0. The maximum atomic E-state index is 12.3. The van der Waals surface area contributed by atoms with Crippen LogP contribution in [-0.2, 0) is 11.2 Å². The molecule has 2 heterocycles. The molecule has 1 aromatic rings. The minimum atomic E-state index is 0. The average molecular weight is 287 g/mol. The molecule has 1 aliphatic rings. The quantitative estimate of drug-likeness (QED) is 0.882. The molecule has 5 nitrogen and oxygen atoms in total. The Morgan fingerprint density at radius 2 is 2.37 bits per heavy atom. The Hall–Kier alpha value is -1.07. The summed E-state index contributed by atoms with van der Waals surface area (Å²) in [7, 11) is 0. The van der Waals surface area contributed by atoms with E-state index in [0.717, 1.165) is 37.2 Å². The predicted molar refractivity (Wildman–Crippen MR) is 77.3 cm³/mol. The number of halogens is 1. The van der Waals surface area contributed by atoms with E-state index in [9.17, 15) is 4.79 Å². The lowest BCUT2D eigenvalue weighted by atomic mass is 9.96. The first-order valence-electron chi connectivity index (χ1n) is 6.64. The summed E-state index contributed by atoms with van der Waals surface area (Å²) < 4.78 is 0. The van der Waals surface area contributed by atoms with Gasteiger partial charge in [-0.2, -0.15) is 5.10 Å². The monoisotopic (exact) mass is 286 g/mol. The van der Waals surface area contributed by atoms with E-state index in [2.05, 4.69) is 10.2 Å². The zero-order chi connectivity index (χ0) is 13.1. The summed E-state index contributed by atoms with van der Waals surface area (Å²) in [5.74, 6) is 0.142. The zero-order valence-corrected chi connectivity index (χ0v) is 12.4. The Kier molecular flexibility index (Phi) is 5.82. The van der Waals surface area contributed by atoms with Crippen LogP contribution in [0.3, 0.4) is 0 Å². The van der Waals surface area contributed by atoms with Crippen molar-refractivity contribution in [2.24, 2.45) is 5.73 Å². The van der Waals surface area contributed by atoms with Crippen molar-refractivity contribution in [1.29, 1.82) is 0 Å². The molecule has 0 aromatic carbocycles. The van der Waals surface area contributed by atoms with E-state index >= 15 is 0 Å². The molecule has 0 spiro atoms.